The SMILES string of the molecule is CC(=O)O[C@H](C[C@H](C(C)C)N(C)C(=O)C1(CC(=O)[C@H]2COCCN2C)CC1)c1nc(C(=O)N[C@@H](Cc2nc(C(F)(F)F)cs2)CC(C)C)cs1. The number of esters is 1. The van der Waals surface area contributed by atoms with Gasteiger partial charge in [0.15, 0.2) is 17.6 Å². The Hall–Kier alpha value is -2.95. The number of morpholine rings is 1. The number of thiazole rings is 2. The van der Waals surface area contributed by atoms with Crippen molar-refractivity contribution in [3.05, 3.63) is 32.2 Å². The first-order valence-electron chi connectivity index (χ1n) is 16.9. The van der Waals surface area contributed by atoms with E-state index in [1.807, 2.05) is 39.6 Å². The first kappa shape index (κ1) is 39.8. The highest BCUT2D eigenvalue weighted by Crippen LogP contribution is 2.51. The molecule has 1 aliphatic heterocycles. The van der Waals surface area contributed by atoms with Gasteiger partial charge in [0.1, 0.15) is 10.7 Å². The Labute approximate surface area is 299 Å². The molecule has 2 amide bonds. The van der Waals surface area contributed by atoms with E-state index in [1.54, 1.807) is 17.3 Å². The molecular formula is C34H48F3N5O6S2. The van der Waals surface area contributed by atoms with E-state index >= 15 is 0 Å². The molecule has 1 saturated carbocycles. The predicted octanol–water partition coefficient (Wildman–Crippen LogP) is 5.55. The number of alkyl halides is 3. The molecule has 1 saturated heterocycles. The van der Waals surface area contributed by atoms with Crippen LogP contribution in [0.1, 0.15) is 99.0 Å². The number of aromatic nitrogens is 2. The highest BCUT2D eigenvalue weighted by molar-refractivity contribution is 7.10. The minimum Gasteiger partial charge on any atom is -0.455 e. The number of halogens is 3. The lowest BCUT2D eigenvalue weighted by Gasteiger charge is -2.36. The number of Topliss-reactive ketones (excluding diaryl/α,β-unsaturated/α-hetero) is 1. The molecule has 2 fully saturated rings. The van der Waals surface area contributed by atoms with E-state index < -0.39 is 41.3 Å². The van der Waals surface area contributed by atoms with Crippen molar-refractivity contribution in [3.8, 4) is 0 Å². The van der Waals surface area contributed by atoms with Crippen molar-refractivity contribution < 1.29 is 41.8 Å². The van der Waals surface area contributed by atoms with Gasteiger partial charge in [-0.25, -0.2) is 9.97 Å². The summed E-state index contributed by atoms with van der Waals surface area (Å²) < 4.78 is 50.6. The second kappa shape index (κ2) is 16.6. The van der Waals surface area contributed by atoms with Gasteiger partial charge in [-0.3, -0.25) is 24.1 Å². The normalized spacial score (nSPS) is 19.6. The van der Waals surface area contributed by atoms with Crippen LogP contribution in [0.25, 0.3) is 0 Å². The summed E-state index contributed by atoms with van der Waals surface area (Å²) in [6, 6.07) is -1.24. The largest absolute Gasteiger partial charge is 0.455 e. The predicted molar refractivity (Wildman–Crippen MR) is 183 cm³/mol. The van der Waals surface area contributed by atoms with E-state index in [9.17, 15) is 32.3 Å². The lowest BCUT2D eigenvalue weighted by Crippen LogP contribution is -2.50. The average Bonchev–Trinajstić information content (AvgIpc) is 3.39. The van der Waals surface area contributed by atoms with Crippen molar-refractivity contribution in [1.29, 1.82) is 0 Å². The zero-order chi connectivity index (χ0) is 37.0. The highest BCUT2D eigenvalue weighted by atomic mass is 32.1. The minimum atomic E-state index is -4.54. The molecular weight excluding hydrogens is 696 g/mol. The highest BCUT2D eigenvalue weighted by Gasteiger charge is 2.54. The maximum absolute atomic E-state index is 14.0. The number of likely N-dealkylation sites (N-methyl/N-ethyl adjacent to an activating group) is 1. The van der Waals surface area contributed by atoms with Crippen LogP contribution in [-0.4, -0.2) is 95.3 Å². The number of nitrogens with one attached hydrogen (secondary N) is 1. The smallest absolute Gasteiger partial charge is 0.434 e. The maximum Gasteiger partial charge on any atom is 0.434 e. The van der Waals surface area contributed by atoms with E-state index in [0.29, 0.717) is 44.0 Å². The van der Waals surface area contributed by atoms with Crippen molar-refractivity contribution in [2.24, 2.45) is 17.3 Å². The molecule has 2 aromatic rings. The number of amides is 2. The molecule has 1 N–H and O–H groups in total. The van der Waals surface area contributed by atoms with Gasteiger partial charge >= 0.3 is 12.1 Å². The lowest BCUT2D eigenvalue weighted by molar-refractivity contribution is -0.150. The van der Waals surface area contributed by atoms with Crippen molar-refractivity contribution in [2.45, 2.75) is 104 Å². The van der Waals surface area contributed by atoms with Crippen molar-refractivity contribution in [2.75, 3.05) is 33.9 Å². The summed E-state index contributed by atoms with van der Waals surface area (Å²) in [7, 11) is 3.60. The first-order chi connectivity index (χ1) is 23.4. The fourth-order valence-corrected chi connectivity index (χ4v) is 8.14. The number of carbonyl (C=O) groups excluding carboxylic acids is 4. The summed E-state index contributed by atoms with van der Waals surface area (Å²) >= 11 is 2.05. The second-order valence-electron chi connectivity index (χ2n) is 14.3. The third-order valence-corrected chi connectivity index (χ3v) is 11.1. The quantitative estimate of drug-likeness (QED) is 0.220. The lowest BCUT2D eigenvalue weighted by atomic mass is 9.90. The van der Waals surface area contributed by atoms with Crippen LogP contribution in [0.4, 0.5) is 13.2 Å². The number of carbonyl (C=O) groups is 4. The van der Waals surface area contributed by atoms with Crippen LogP contribution in [0.2, 0.25) is 0 Å². The fourth-order valence-electron chi connectivity index (χ4n) is 6.42. The molecule has 50 heavy (non-hydrogen) atoms. The monoisotopic (exact) mass is 743 g/mol. The molecule has 4 atom stereocenters. The number of nitrogens with zero attached hydrogens (tertiary/aromatic N) is 4. The topological polar surface area (TPSA) is 131 Å². The third kappa shape index (κ3) is 10.3. The van der Waals surface area contributed by atoms with Crippen LogP contribution in [0.3, 0.4) is 0 Å². The molecule has 0 bridgehead atoms. The van der Waals surface area contributed by atoms with Gasteiger partial charge < -0.3 is 19.7 Å². The molecule has 2 aromatic heterocycles. The summed E-state index contributed by atoms with van der Waals surface area (Å²) in [4.78, 5) is 64.7. The number of hydrogen-bond acceptors (Lipinski definition) is 11. The summed E-state index contributed by atoms with van der Waals surface area (Å²) in [5.74, 6) is -1.08. The number of ether oxygens (including phenoxy) is 2. The number of ketones is 1. The van der Waals surface area contributed by atoms with Crippen LogP contribution in [0.5, 0.6) is 0 Å². The Morgan fingerprint density at radius 2 is 1.82 bits per heavy atom. The van der Waals surface area contributed by atoms with E-state index in [4.69, 9.17) is 9.47 Å². The molecule has 278 valence electrons. The van der Waals surface area contributed by atoms with E-state index in [0.717, 1.165) is 28.1 Å². The van der Waals surface area contributed by atoms with E-state index in [-0.39, 0.29) is 65.6 Å². The summed E-state index contributed by atoms with van der Waals surface area (Å²) in [6.07, 6.45) is -3.16. The van der Waals surface area contributed by atoms with E-state index in [2.05, 4.69) is 15.3 Å². The van der Waals surface area contributed by atoms with Crippen molar-refractivity contribution >= 4 is 46.2 Å². The zero-order valence-electron chi connectivity index (χ0n) is 29.7. The molecule has 11 nitrogen and oxygen atoms in total. The molecule has 1 aliphatic carbocycles. The Morgan fingerprint density at radius 1 is 1.12 bits per heavy atom. The van der Waals surface area contributed by atoms with Gasteiger partial charge in [-0.2, -0.15) is 13.2 Å². The van der Waals surface area contributed by atoms with Gasteiger partial charge in [0.05, 0.1) is 29.7 Å². The number of rotatable bonds is 16. The summed E-state index contributed by atoms with van der Waals surface area (Å²) in [5.41, 5.74) is -1.63. The van der Waals surface area contributed by atoms with Crippen LogP contribution in [0.15, 0.2) is 10.8 Å². The Kier molecular flexibility index (Phi) is 13.2. The molecule has 0 radical (unpaired) electrons. The van der Waals surface area contributed by atoms with Crippen molar-refractivity contribution in [3.63, 3.8) is 0 Å². The summed E-state index contributed by atoms with van der Waals surface area (Å²) in [6.45, 7) is 10.7. The Morgan fingerprint density at radius 3 is 2.38 bits per heavy atom. The Balaban J connectivity index is 1.46. The molecule has 2 aliphatic rings. The van der Waals surface area contributed by atoms with Crippen LogP contribution in [-0.2, 0) is 36.5 Å². The average molecular weight is 744 g/mol. The second-order valence-corrected chi connectivity index (χ2v) is 16.1. The third-order valence-electron chi connectivity index (χ3n) is 9.32. The van der Waals surface area contributed by atoms with Crippen molar-refractivity contribution in [1.82, 2.24) is 25.1 Å². The number of hydrogen-bond donors (Lipinski definition) is 1. The van der Waals surface area contributed by atoms with Crippen LogP contribution < -0.4 is 5.32 Å². The van der Waals surface area contributed by atoms with E-state index in [1.165, 1.54) is 6.92 Å². The standard InChI is InChI=1S/C34H48F3N5O6S2/c1-19(2)12-22(13-29-40-28(18-49-29)34(35,36)37)38-30(45)23-17-50-31(39-23)27(48-21(5)43)14-24(20(3)4)42(7)32(46)33(8-9-33)15-26(44)25-16-47-11-10-41(25)6/h17-20,22,24-25,27H,8-16H2,1-7H3,(H,38,45)/t22-,24-,25-,27-/m1/s1. The zero-order valence-corrected chi connectivity index (χ0v) is 31.3. The molecule has 0 unspecified atom stereocenters. The van der Waals surface area contributed by atoms with Crippen LogP contribution >= 0.6 is 22.7 Å². The van der Waals surface area contributed by atoms with Gasteiger partial charge in [0.25, 0.3) is 5.91 Å². The Bertz CT molecular complexity index is 1510. The molecule has 4 rings (SSSR count). The van der Waals surface area contributed by atoms with Crippen LogP contribution in [0, 0.1) is 17.3 Å². The molecule has 0 spiro atoms. The minimum absolute atomic E-state index is 0.00716. The summed E-state index contributed by atoms with van der Waals surface area (Å²) in [5, 5.41) is 6.07. The fraction of sp³-hybridized carbons (Fsp3) is 0.706. The van der Waals surface area contributed by atoms with Gasteiger partial charge in [0, 0.05) is 62.6 Å². The molecule has 16 heteroatoms. The van der Waals surface area contributed by atoms with Gasteiger partial charge in [-0.15, -0.1) is 22.7 Å². The van der Waals surface area contributed by atoms with Gasteiger partial charge in [-0.1, -0.05) is 27.7 Å². The maximum atomic E-state index is 14.0. The molecule has 0 aromatic carbocycles. The first-order valence-corrected chi connectivity index (χ1v) is 18.7. The van der Waals surface area contributed by atoms with Gasteiger partial charge in [-0.05, 0) is 38.1 Å². The molecule has 3 heterocycles. The van der Waals surface area contributed by atoms with Gasteiger partial charge in [0.2, 0.25) is 5.91 Å².